The van der Waals surface area contributed by atoms with E-state index in [1.807, 2.05) is 39.0 Å². The minimum atomic E-state index is 0. The predicted octanol–water partition coefficient (Wildman–Crippen LogP) is 3.00. The van der Waals surface area contributed by atoms with Crippen LogP contribution in [-0.4, -0.2) is 45.2 Å². The molecule has 0 aliphatic heterocycles. The van der Waals surface area contributed by atoms with Crippen molar-refractivity contribution in [3.63, 3.8) is 0 Å². The van der Waals surface area contributed by atoms with E-state index in [1.54, 1.807) is 14.2 Å². The molecule has 0 aliphatic rings. The summed E-state index contributed by atoms with van der Waals surface area (Å²) in [5, 5.41) is 9.29. The average molecular weight is 478 g/mol. The molecule has 0 aromatic heterocycles. The van der Waals surface area contributed by atoms with Gasteiger partial charge >= 0.3 is 0 Å². The first-order chi connectivity index (χ1) is 12.0. The van der Waals surface area contributed by atoms with Gasteiger partial charge in [0, 0.05) is 30.8 Å². The van der Waals surface area contributed by atoms with Crippen LogP contribution in [0, 0.1) is 0 Å². The second kappa shape index (κ2) is 13.5. The van der Waals surface area contributed by atoms with Gasteiger partial charge in [-0.2, -0.15) is 0 Å². The van der Waals surface area contributed by atoms with Gasteiger partial charge in [-0.3, -0.25) is 9.79 Å². The summed E-state index contributed by atoms with van der Waals surface area (Å²) >= 11 is 0. The van der Waals surface area contributed by atoms with Crippen molar-refractivity contribution in [3.8, 4) is 11.5 Å². The van der Waals surface area contributed by atoms with E-state index in [9.17, 15) is 4.79 Å². The predicted molar refractivity (Wildman–Crippen MR) is 117 cm³/mol. The van der Waals surface area contributed by atoms with E-state index < -0.39 is 0 Å². The van der Waals surface area contributed by atoms with E-state index in [1.165, 1.54) is 0 Å². The summed E-state index contributed by atoms with van der Waals surface area (Å²) < 4.78 is 10.5. The fourth-order valence-corrected chi connectivity index (χ4v) is 2.08. The number of anilines is 1. The summed E-state index contributed by atoms with van der Waals surface area (Å²) in [6, 6.07) is 5.73. The number of halogens is 1. The zero-order chi connectivity index (χ0) is 18.7. The van der Waals surface area contributed by atoms with Crippen LogP contribution in [0.5, 0.6) is 11.5 Å². The van der Waals surface area contributed by atoms with E-state index in [4.69, 9.17) is 9.47 Å². The van der Waals surface area contributed by atoms with Crippen molar-refractivity contribution in [1.82, 2.24) is 10.6 Å². The Balaban J connectivity index is 0.00000625. The molecule has 148 valence electrons. The smallest absolute Gasteiger partial charge is 0.222 e. The third-order valence-electron chi connectivity index (χ3n) is 3.62. The second-order valence-electron chi connectivity index (χ2n) is 5.58. The second-order valence-corrected chi connectivity index (χ2v) is 5.58. The maximum atomic E-state index is 11.8. The summed E-state index contributed by atoms with van der Waals surface area (Å²) in [5.41, 5.74) is 0.821. The number of benzene rings is 1. The van der Waals surface area contributed by atoms with Crippen LogP contribution in [0.4, 0.5) is 5.69 Å². The molecule has 8 heteroatoms. The number of hydrogen-bond acceptors (Lipinski definition) is 4. The van der Waals surface area contributed by atoms with Crippen LogP contribution >= 0.6 is 24.0 Å². The molecule has 7 nitrogen and oxygen atoms in total. The van der Waals surface area contributed by atoms with Crippen molar-refractivity contribution >= 4 is 41.5 Å². The summed E-state index contributed by atoms with van der Waals surface area (Å²) in [4.78, 5) is 16.3. The number of carbonyl (C=O) groups is 1. The number of aliphatic imine (C=N–C) groups is 1. The number of amides is 1. The lowest BCUT2D eigenvalue weighted by atomic mass is 10.2. The van der Waals surface area contributed by atoms with Crippen molar-refractivity contribution in [1.29, 1.82) is 0 Å². The Morgan fingerprint density at radius 2 is 1.88 bits per heavy atom. The SMILES string of the molecule is CCNC(=NCCC(=O)NC(C)CC)Nc1ccc(OC)c(OC)c1.I. The standard InChI is InChI=1S/C18H30N4O3.HI/c1-6-13(3)21-17(23)10-11-20-18(19-7-2)22-14-8-9-15(24-4)16(12-14)25-5;/h8-9,12-13H,6-7,10-11H2,1-5H3,(H,21,23)(H2,19,20,22);1H. The molecule has 0 aliphatic carbocycles. The molecule has 1 rings (SSSR count). The topological polar surface area (TPSA) is 84.0 Å². The quantitative estimate of drug-likeness (QED) is 0.289. The van der Waals surface area contributed by atoms with Gasteiger partial charge in [-0.15, -0.1) is 24.0 Å². The number of guanidine groups is 1. The number of nitrogens with one attached hydrogen (secondary N) is 3. The van der Waals surface area contributed by atoms with Gasteiger partial charge in [-0.1, -0.05) is 6.92 Å². The number of carbonyl (C=O) groups excluding carboxylic acids is 1. The Bertz CT molecular complexity index is 582. The van der Waals surface area contributed by atoms with Crippen molar-refractivity contribution in [3.05, 3.63) is 18.2 Å². The van der Waals surface area contributed by atoms with Gasteiger partial charge in [0.2, 0.25) is 5.91 Å². The number of ether oxygens (including phenoxy) is 2. The van der Waals surface area contributed by atoms with Crippen molar-refractivity contribution in [2.24, 2.45) is 4.99 Å². The lowest BCUT2D eigenvalue weighted by Crippen LogP contribution is -2.33. The summed E-state index contributed by atoms with van der Waals surface area (Å²) in [6.45, 7) is 7.15. The molecule has 1 unspecified atom stereocenters. The minimum absolute atomic E-state index is 0. The summed E-state index contributed by atoms with van der Waals surface area (Å²) in [6.07, 6.45) is 1.27. The highest BCUT2D eigenvalue weighted by Gasteiger charge is 2.07. The van der Waals surface area contributed by atoms with E-state index in [-0.39, 0.29) is 35.9 Å². The molecule has 1 amide bonds. The molecule has 0 saturated heterocycles. The molecule has 1 aromatic carbocycles. The molecule has 0 bridgehead atoms. The van der Waals surface area contributed by atoms with Gasteiger partial charge in [-0.25, -0.2) is 0 Å². The van der Waals surface area contributed by atoms with E-state index in [0.717, 1.165) is 18.7 Å². The lowest BCUT2D eigenvalue weighted by molar-refractivity contribution is -0.121. The highest BCUT2D eigenvalue weighted by molar-refractivity contribution is 14.0. The van der Waals surface area contributed by atoms with Crippen LogP contribution in [0.3, 0.4) is 0 Å². The average Bonchev–Trinajstić information content (AvgIpc) is 2.61. The molecule has 0 heterocycles. The third-order valence-corrected chi connectivity index (χ3v) is 3.62. The zero-order valence-corrected chi connectivity index (χ0v) is 18.5. The van der Waals surface area contributed by atoms with Crippen LogP contribution < -0.4 is 25.4 Å². The molecule has 1 atom stereocenters. The van der Waals surface area contributed by atoms with Gasteiger partial charge in [0.1, 0.15) is 0 Å². The summed E-state index contributed by atoms with van der Waals surface area (Å²) in [5.74, 6) is 1.93. The number of hydrogen-bond donors (Lipinski definition) is 3. The fourth-order valence-electron chi connectivity index (χ4n) is 2.08. The normalized spacial score (nSPS) is 11.8. The molecular formula is C18H31IN4O3. The van der Waals surface area contributed by atoms with Crippen LogP contribution in [0.1, 0.15) is 33.6 Å². The maximum Gasteiger partial charge on any atom is 0.222 e. The van der Waals surface area contributed by atoms with Crippen LogP contribution in [0.2, 0.25) is 0 Å². The first-order valence-corrected chi connectivity index (χ1v) is 8.60. The van der Waals surface area contributed by atoms with E-state index in [2.05, 4.69) is 20.9 Å². The molecule has 0 radical (unpaired) electrons. The Morgan fingerprint density at radius 1 is 1.19 bits per heavy atom. The molecule has 26 heavy (non-hydrogen) atoms. The fraction of sp³-hybridized carbons (Fsp3) is 0.556. The first kappa shape index (κ1) is 24.3. The molecule has 0 fully saturated rings. The minimum Gasteiger partial charge on any atom is -0.493 e. The van der Waals surface area contributed by atoms with Gasteiger partial charge < -0.3 is 25.4 Å². The van der Waals surface area contributed by atoms with Gasteiger partial charge in [-0.05, 0) is 32.4 Å². The molecule has 1 aromatic rings. The third kappa shape index (κ3) is 8.59. The Hall–Kier alpha value is -1.71. The first-order valence-electron chi connectivity index (χ1n) is 8.60. The molecule has 0 spiro atoms. The molecular weight excluding hydrogens is 447 g/mol. The highest BCUT2D eigenvalue weighted by atomic mass is 127. The van der Waals surface area contributed by atoms with Gasteiger partial charge in [0.15, 0.2) is 17.5 Å². The lowest BCUT2D eigenvalue weighted by Gasteiger charge is -2.14. The Morgan fingerprint density at radius 3 is 2.46 bits per heavy atom. The number of methoxy groups -OCH3 is 2. The van der Waals surface area contributed by atoms with Crippen LogP contribution in [-0.2, 0) is 4.79 Å². The van der Waals surface area contributed by atoms with E-state index in [0.29, 0.717) is 30.4 Å². The zero-order valence-electron chi connectivity index (χ0n) is 16.2. The highest BCUT2D eigenvalue weighted by Crippen LogP contribution is 2.29. The molecule has 0 saturated carbocycles. The number of nitrogens with zero attached hydrogens (tertiary/aromatic N) is 1. The summed E-state index contributed by atoms with van der Waals surface area (Å²) in [7, 11) is 3.19. The van der Waals surface area contributed by atoms with Crippen LogP contribution in [0.15, 0.2) is 23.2 Å². The maximum absolute atomic E-state index is 11.8. The number of rotatable bonds is 9. The monoisotopic (exact) mass is 478 g/mol. The van der Waals surface area contributed by atoms with Gasteiger partial charge in [0.25, 0.3) is 0 Å². The largest absolute Gasteiger partial charge is 0.493 e. The van der Waals surface area contributed by atoms with Crippen molar-refractivity contribution < 1.29 is 14.3 Å². The van der Waals surface area contributed by atoms with E-state index >= 15 is 0 Å². The molecule has 3 N–H and O–H groups in total. The van der Waals surface area contributed by atoms with Crippen LogP contribution in [0.25, 0.3) is 0 Å². The Labute approximate surface area is 173 Å². The van der Waals surface area contributed by atoms with Crippen molar-refractivity contribution in [2.75, 3.05) is 32.6 Å². The Kier molecular flexibility index (Phi) is 12.6. The van der Waals surface area contributed by atoms with Gasteiger partial charge in [0.05, 0.1) is 20.8 Å². The van der Waals surface area contributed by atoms with Crippen molar-refractivity contribution in [2.45, 2.75) is 39.7 Å².